The Morgan fingerprint density at radius 2 is 2.43 bits per heavy atom. The van der Waals surface area contributed by atoms with Crippen LogP contribution < -0.4 is 10.9 Å². The van der Waals surface area contributed by atoms with E-state index in [4.69, 9.17) is 0 Å². The highest BCUT2D eigenvalue weighted by atomic mass is 79.9. The summed E-state index contributed by atoms with van der Waals surface area (Å²) in [7, 11) is 0. The van der Waals surface area contributed by atoms with E-state index < -0.39 is 0 Å². The van der Waals surface area contributed by atoms with E-state index in [9.17, 15) is 4.79 Å². The monoisotopic (exact) mass is 257 g/mol. The first kappa shape index (κ1) is 9.86. The molecule has 0 saturated carbocycles. The van der Waals surface area contributed by atoms with Crippen LogP contribution in [0.25, 0.3) is 0 Å². The van der Waals surface area contributed by atoms with Crippen LogP contribution in [0.5, 0.6) is 0 Å². The van der Waals surface area contributed by atoms with Gasteiger partial charge < -0.3 is 5.32 Å². The molecule has 1 fully saturated rings. The Kier molecular flexibility index (Phi) is 2.98. The third-order valence-corrected chi connectivity index (χ3v) is 3.05. The molecule has 1 aromatic rings. The van der Waals surface area contributed by atoms with Gasteiger partial charge in [0.05, 0.1) is 6.33 Å². The number of aryl methyl sites for hydroxylation is 1. The molecule has 14 heavy (non-hydrogen) atoms. The van der Waals surface area contributed by atoms with Crippen LogP contribution in [0.3, 0.4) is 0 Å². The molecule has 1 aromatic heterocycles. The third kappa shape index (κ3) is 2.04. The minimum absolute atomic E-state index is 0.00674. The standard InChI is InChI=1S/C9H12BrN3O/c10-8-5-12-6-13(9(8)14)2-1-7-3-11-4-7/h5-7,11H,1-4H2. The Morgan fingerprint density at radius 1 is 1.64 bits per heavy atom. The number of rotatable bonds is 3. The van der Waals surface area contributed by atoms with Crippen molar-refractivity contribution in [3.05, 3.63) is 27.4 Å². The van der Waals surface area contributed by atoms with Crippen molar-refractivity contribution in [2.24, 2.45) is 5.92 Å². The molecule has 1 saturated heterocycles. The Hall–Kier alpha value is -0.680. The zero-order chi connectivity index (χ0) is 9.97. The summed E-state index contributed by atoms with van der Waals surface area (Å²) in [5.74, 6) is 0.723. The molecular formula is C9H12BrN3O. The molecule has 1 aliphatic rings. The molecule has 5 heteroatoms. The first-order valence-corrected chi connectivity index (χ1v) is 5.47. The third-order valence-electron chi connectivity index (χ3n) is 2.50. The number of hydrogen-bond acceptors (Lipinski definition) is 3. The Labute approximate surface area is 90.5 Å². The first-order valence-electron chi connectivity index (χ1n) is 4.68. The molecule has 2 rings (SSSR count). The van der Waals surface area contributed by atoms with Crippen molar-refractivity contribution >= 4 is 15.9 Å². The molecule has 1 aliphatic heterocycles. The molecule has 1 N–H and O–H groups in total. The van der Waals surface area contributed by atoms with E-state index in [0.29, 0.717) is 4.47 Å². The van der Waals surface area contributed by atoms with Gasteiger partial charge in [0.25, 0.3) is 5.56 Å². The van der Waals surface area contributed by atoms with Crippen molar-refractivity contribution < 1.29 is 0 Å². The maximum Gasteiger partial charge on any atom is 0.267 e. The maximum absolute atomic E-state index is 11.5. The van der Waals surface area contributed by atoms with Crippen LogP contribution in [0.4, 0.5) is 0 Å². The van der Waals surface area contributed by atoms with Crippen molar-refractivity contribution in [3.63, 3.8) is 0 Å². The largest absolute Gasteiger partial charge is 0.316 e. The van der Waals surface area contributed by atoms with E-state index in [2.05, 4.69) is 26.2 Å². The normalized spacial score (nSPS) is 16.6. The van der Waals surface area contributed by atoms with Crippen molar-refractivity contribution in [2.75, 3.05) is 13.1 Å². The highest BCUT2D eigenvalue weighted by Gasteiger charge is 2.16. The number of aromatic nitrogens is 2. The highest BCUT2D eigenvalue weighted by molar-refractivity contribution is 9.10. The molecule has 0 bridgehead atoms. The molecule has 0 amide bonds. The first-order chi connectivity index (χ1) is 6.77. The van der Waals surface area contributed by atoms with Crippen LogP contribution in [0.1, 0.15) is 6.42 Å². The number of hydrogen-bond donors (Lipinski definition) is 1. The lowest BCUT2D eigenvalue weighted by Crippen LogP contribution is -2.42. The van der Waals surface area contributed by atoms with E-state index in [0.717, 1.165) is 32.0 Å². The van der Waals surface area contributed by atoms with E-state index in [1.54, 1.807) is 10.9 Å². The second-order valence-corrected chi connectivity index (χ2v) is 4.41. The summed E-state index contributed by atoms with van der Waals surface area (Å²) in [6.45, 7) is 2.92. The van der Waals surface area contributed by atoms with E-state index in [1.807, 2.05) is 0 Å². The van der Waals surface area contributed by atoms with Gasteiger partial charge in [-0.25, -0.2) is 4.98 Å². The zero-order valence-electron chi connectivity index (χ0n) is 7.74. The predicted octanol–water partition coefficient (Wildman–Crippen LogP) is 0.615. The number of nitrogens with one attached hydrogen (secondary N) is 1. The van der Waals surface area contributed by atoms with Gasteiger partial charge in [0, 0.05) is 12.7 Å². The lowest BCUT2D eigenvalue weighted by molar-refractivity contribution is 0.310. The van der Waals surface area contributed by atoms with Crippen molar-refractivity contribution in [1.82, 2.24) is 14.9 Å². The van der Waals surface area contributed by atoms with Gasteiger partial charge in [-0.2, -0.15) is 0 Å². The van der Waals surface area contributed by atoms with Gasteiger partial charge in [-0.1, -0.05) is 0 Å². The summed E-state index contributed by atoms with van der Waals surface area (Å²) in [5, 5.41) is 3.21. The maximum atomic E-state index is 11.5. The van der Waals surface area contributed by atoms with Crippen molar-refractivity contribution in [2.45, 2.75) is 13.0 Å². The van der Waals surface area contributed by atoms with Gasteiger partial charge in [-0.3, -0.25) is 9.36 Å². The highest BCUT2D eigenvalue weighted by Crippen LogP contribution is 2.09. The summed E-state index contributed by atoms with van der Waals surface area (Å²) < 4.78 is 2.19. The molecule has 0 atom stereocenters. The fourth-order valence-electron chi connectivity index (χ4n) is 1.46. The van der Waals surface area contributed by atoms with E-state index >= 15 is 0 Å². The summed E-state index contributed by atoms with van der Waals surface area (Å²) in [5.41, 5.74) is 0.00674. The Bertz CT molecular complexity index is 373. The predicted molar refractivity (Wildman–Crippen MR) is 57.2 cm³/mol. The second-order valence-electron chi connectivity index (χ2n) is 3.55. The molecule has 0 spiro atoms. The Morgan fingerprint density at radius 3 is 3.07 bits per heavy atom. The van der Waals surface area contributed by atoms with Crippen molar-refractivity contribution in [3.8, 4) is 0 Å². The molecule has 4 nitrogen and oxygen atoms in total. The SMILES string of the molecule is O=c1c(Br)cncn1CCC1CNC1. The van der Waals surface area contributed by atoms with Crippen molar-refractivity contribution in [1.29, 1.82) is 0 Å². The molecule has 0 aliphatic carbocycles. The van der Waals surface area contributed by atoms with Gasteiger partial charge in [0.2, 0.25) is 0 Å². The fourth-order valence-corrected chi connectivity index (χ4v) is 1.80. The topological polar surface area (TPSA) is 46.9 Å². The van der Waals surface area contributed by atoms with Crippen LogP contribution in [0.15, 0.2) is 21.8 Å². The quantitative estimate of drug-likeness (QED) is 0.864. The van der Waals surface area contributed by atoms with Gasteiger partial charge in [-0.15, -0.1) is 0 Å². The van der Waals surface area contributed by atoms with E-state index in [-0.39, 0.29) is 5.56 Å². The zero-order valence-corrected chi connectivity index (χ0v) is 9.33. The van der Waals surface area contributed by atoms with Gasteiger partial charge >= 0.3 is 0 Å². The number of halogens is 1. The molecular weight excluding hydrogens is 246 g/mol. The summed E-state index contributed by atoms with van der Waals surface area (Å²) in [6.07, 6.45) is 4.17. The van der Waals surface area contributed by atoms with Gasteiger partial charge in [0.1, 0.15) is 4.47 Å². The Balaban J connectivity index is 2.01. The molecule has 0 aromatic carbocycles. The minimum atomic E-state index is 0.00674. The second kappa shape index (κ2) is 4.23. The molecule has 76 valence electrons. The van der Waals surface area contributed by atoms with Crippen LogP contribution in [0.2, 0.25) is 0 Å². The van der Waals surface area contributed by atoms with Crippen LogP contribution >= 0.6 is 15.9 Å². The molecule has 2 heterocycles. The summed E-state index contributed by atoms with van der Waals surface area (Å²) in [6, 6.07) is 0. The number of nitrogens with zero attached hydrogens (tertiary/aromatic N) is 2. The smallest absolute Gasteiger partial charge is 0.267 e. The summed E-state index contributed by atoms with van der Waals surface area (Å²) in [4.78, 5) is 15.5. The lowest BCUT2D eigenvalue weighted by atomic mass is 10.00. The van der Waals surface area contributed by atoms with Gasteiger partial charge in [0.15, 0.2) is 0 Å². The average molecular weight is 258 g/mol. The fraction of sp³-hybridized carbons (Fsp3) is 0.556. The van der Waals surface area contributed by atoms with Crippen LogP contribution in [-0.4, -0.2) is 22.6 Å². The van der Waals surface area contributed by atoms with Crippen LogP contribution in [0, 0.1) is 5.92 Å². The average Bonchev–Trinajstić information content (AvgIpc) is 2.09. The lowest BCUT2D eigenvalue weighted by Gasteiger charge is -2.27. The minimum Gasteiger partial charge on any atom is -0.316 e. The van der Waals surface area contributed by atoms with Gasteiger partial charge in [-0.05, 0) is 41.4 Å². The molecule has 0 radical (unpaired) electrons. The van der Waals surface area contributed by atoms with E-state index in [1.165, 1.54) is 6.20 Å². The van der Waals surface area contributed by atoms with Crippen LogP contribution in [-0.2, 0) is 6.54 Å². The summed E-state index contributed by atoms with van der Waals surface area (Å²) >= 11 is 3.18. The molecule has 0 unspecified atom stereocenters.